The van der Waals surface area contributed by atoms with Gasteiger partial charge >= 0.3 is 0 Å². The number of nitrogens with zero attached hydrogens (tertiary/aromatic N) is 2. The van der Waals surface area contributed by atoms with Gasteiger partial charge in [0.1, 0.15) is 10.6 Å². The fourth-order valence-electron chi connectivity index (χ4n) is 3.26. The van der Waals surface area contributed by atoms with Crippen LogP contribution in [0, 0.1) is 12.7 Å². The third-order valence-electron chi connectivity index (χ3n) is 4.76. The fourth-order valence-corrected chi connectivity index (χ4v) is 4.34. The molecule has 9 heteroatoms. The number of nitrogens with one attached hydrogen (secondary N) is 1. The number of hydrogen-bond acceptors (Lipinski definition) is 6. The maximum absolute atomic E-state index is 13.3. The van der Waals surface area contributed by atoms with Gasteiger partial charge in [0.15, 0.2) is 11.5 Å². The Morgan fingerprint density at radius 1 is 1.03 bits per heavy atom. The van der Waals surface area contributed by atoms with Gasteiger partial charge in [-0.25, -0.2) is 9.07 Å². The minimum absolute atomic E-state index is 0.277. The summed E-state index contributed by atoms with van der Waals surface area (Å²) in [6.45, 7) is 1.87. The lowest BCUT2D eigenvalue weighted by Gasteiger charge is -2.14. The molecule has 0 spiro atoms. The van der Waals surface area contributed by atoms with E-state index in [1.165, 1.54) is 44.8 Å². The molecule has 7 nitrogen and oxygen atoms in total. The van der Waals surface area contributed by atoms with Gasteiger partial charge < -0.3 is 19.5 Å². The zero-order chi connectivity index (χ0) is 22.1. The summed E-state index contributed by atoms with van der Waals surface area (Å²) in [7, 11) is 4.54. The molecule has 0 saturated heterocycles. The molecule has 0 radical (unpaired) electrons. The van der Waals surface area contributed by atoms with E-state index in [2.05, 4.69) is 10.4 Å². The maximum atomic E-state index is 13.3. The number of halogens is 1. The average molecular weight is 441 g/mol. The molecule has 160 valence electrons. The zero-order valence-corrected chi connectivity index (χ0v) is 18.2. The summed E-state index contributed by atoms with van der Waals surface area (Å²) < 4.78 is 31.0. The molecule has 4 aromatic rings. The third kappa shape index (κ3) is 3.79. The second-order valence-corrected chi connectivity index (χ2v) is 7.70. The normalized spacial score (nSPS) is 10.9. The van der Waals surface area contributed by atoms with Gasteiger partial charge in [-0.1, -0.05) is 0 Å². The minimum Gasteiger partial charge on any atom is -0.493 e. The van der Waals surface area contributed by atoms with Gasteiger partial charge in [-0.15, -0.1) is 11.3 Å². The van der Waals surface area contributed by atoms with Gasteiger partial charge in [0, 0.05) is 23.2 Å². The van der Waals surface area contributed by atoms with Crippen molar-refractivity contribution in [2.75, 3.05) is 26.6 Å². The number of fused-ring (bicyclic) bond motifs is 1. The van der Waals surface area contributed by atoms with Crippen LogP contribution in [0.15, 0.2) is 42.5 Å². The number of hydrogen-bond donors (Lipinski definition) is 1. The van der Waals surface area contributed by atoms with Crippen molar-refractivity contribution in [2.24, 2.45) is 0 Å². The number of thiophene rings is 1. The van der Waals surface area contributed by atoms with Crippen molar-refractivity contribution in [2.45, 2.75) is 6.92 Å². The summed E-state index contributed by atoms with van der Waals surface area (Å²) in [5.74, 6) is 0.730. The van der Waals surface area contributed by atoms with E-state index in [1.807, 2.05) is 6.92 Å². The summed E-state index contributed by atoms with van der Waals surface area (Å²) in [5, 5.41) is 8.26. The Bertz CT molecular complexity index is 1240. The average Bonchev–Trinajstić information content (AvgIpc) is 3.34. The number of carbonyl (C=O) groups excluding carboxylic acids is 1. The van der Waals surface area contributed by atoms with Crippen molar-refractivity contribution in [1.82, 2.24) is 9.78 Å². The van der Waals surface area contributed by atoms with Gasteiger partial charge in [0.05, 0.1) is 37.6 Å². The predicted molar refractivity (Wildman–Crippen MR) is 118 cm³/mol. The Morgan fingerprint density at radius 2 is 1.68 bits per heavy atom. The van der Waals surface area contributed by atoms with E-state index in [1.54, 1.807) is 35.0 Å². The Balaban J connectivity index is 1.68. The highest BCUT2D eigenvalue weighted by Crippen LogP contribution is 2.40. The third-order valence-corrected chi connectivity index (χ3v) is 5.87. The number of benzene rings is 2. The van der Waals surface area contributed by atoms with Crippen molar-refractivity contribution in [3.05, 3.63) is 58.9 Å². The van der Waals surface area contributed by atoms with E-state index in [-0.39, 0.29) is 11.7 Å². The zero-order valence-electron chi connectivity index (χ0n) is 17.4. The molecule has 1 N–H and O–H groups in total. The smallest absolute Gasteiger partial charge is 0.265 e. The summed E-state index contributed by atoms with van der Waals surface area (Å²) in [6.07, 6.45) is 0. The topological polar surface area (TPSA) is 74.6 Å². The molecular weight excluding hydrogens is 421 g/mol. The van der Waals surface area contributed by atoms with Gasteiger partial charge in [-0.05, 0) is 37.3 Å². The van der Waals surface area contributed by atoms with Gasteiger partial charge in [-0.2, -0.15) is 5.10 Å². The first kappa shape index (κ1) is 20.7. The van der Waals surface area contributed by atoms with Crippen molar-refractivity contribution in [3.8, 4) is 22.9 Å². The number of amides is 1. The van der Waals surface area contributed by atoms with E-state index in [0.717, 1.165) is 21.6 Å². The van der Waals surface area contributed by atoms with Crippen LogP contribution < -0.4 is 19.5 Å². The Labute approximate surface area is 182 Å². The second-order valence-electron chi connectivity index (χ2n) is 6.67. The number of methoxy groups -OCH3 is 3. The molecule has 2 heterocycles. The number of aromatic nitrogens is 2. The molecule has 4 rings (SSSR count). The molecule has 0 atom stereocenters. The molecule has 31 heavy (non-hydrogen) atoms. The highest BCUT2D eigenvalue weighted by Gasteiger charge is 2.19. The molecule has 2 aromatic heterocycles. The van der Waals surface area contributed by atoms with Crippen LogP contribution in [0.5, 0.6) is 17.2 Å². The van der Waals surface area contributed by atoms with Gasteiger partial charge in [-0.3, -0.25) is 4.79 Å². The lowest BCUT2D eigenvalue weighted by Crippen LogP contribution is -2.10. The van der Waals surface area contributed by atoms with Gasteiger partial charge in [0.2, 0.25) is 5.75 Å². The number of rotatable bonds is 6. The second kappa shape index (κ2) is 8.27. The van der Waals surface area contributed by atoms with Crippen LogP contribution in [-0.4, -0.2) is 37.0 Å². The van der Waals surface area contributed by atoms with Crippen molar-refractivity contribution in [1.29, 1.82) is 0 Å². The van der Waals surface area contributed by atoms with Crippen LogP contribution in [-0.2, 0) is 0 Å². The molecule has 0 saturated carbocycles. The molecule has 0 fully saturated rings. The number of aryl methyl sites for hydroxylation is 1. The summed E-state index contributed by atoms with van der Waals surface area (Å²) in [6, 6.07) is 11.2. The molecule has 0 aliphatic rings. The highest BCUT2D eigenvalue weighted by molar-refractivity contribution is 7.20. The van der Waals surface area contributed by atoms with Crippen molar-refractivity contribution < 1.29 is 23.4 Å². The lowest BCUT2D eigenvalue weighted by atomic mass is 10.2. The molecule has 0 unspecified atom stereocenters. The van der Waals surface area contributed by atoms with Gasteiger partial charge in [0.25, 0.3) is 5.91 Å². The first-order valence-electron chi connectivity index (χ1n) is 9.31. The van der Waals surface area contributed by atoms with Crippen molar-refractivity contribution >= 4 is 33.1 Å². The van der Waals surface area contributed by atoms with E-state index >= 15 is 0 Å². The maximum Gasteiger partial charge on any atom is 0.265 e. The van der Waals surface area contributed by atoms with E-state index < -0.39 is 0 Å². The first-order valence-corrected chi connectivity index (χ1v) is 10.1. The SMILES string of the molecule is COc1cc(NC(=O)c2cc3c(C)nn(-c4ccc(F)cc4)c3s2)cc(OC)c1OC. The van der Waals surface area contributed by atoms with Crippen molar-refractivity contribution in [3.63, 3.8) is 0 Å². The minimum atomic E-state index is -0.319. The quantitative estimate of drug-likeness (QED) is 0.465. The molecule has 1 amide bonds. The first-order chi connectivity index (χ1) is 14.9. The Hall–Kier alpha value is -3.59. The molecule has 2 aromatic carbocycles. The molecule has 0 bridgehead atoms. The summed E-state index contributed by atoms with van der Waals surface area (Å²) >= 11 is 1.31. The molecular formula is C22H20FN3O4S. The van der Waals surface area contributed by atoms with E-state index in [4.69, 9.17) is 14.2 Å². The van der Waals surface area contributed by atoms with E-state index in [9.17, 15) is 9.18 Å². The number of carbonyl (C=O) groups is 1. The number of anilines is 1. The fraction of sp³-hybridized carbons (Fsp3) is 0.182. The highest BCUT2D eigenvalue weighted by atomic mass is 32.1. The van der Waals surface area contributed by atoms with Crippen LogP contribution in [0.25, 0.3) is 15.9 Å². The lowest BCUT2D eigenvalue weighted by molar-refractivity contribution is 0.103. The van der Waals surface area contributed by atoms with Crippen LogP contribution in [0.1, 0.15) is 15.4 Å². The van der Waals surface area contributed by atoms with Crippen LogP contribution in [0.4, 0.5) is 10.1 Å². The van der Waals surface area contributed by atoms with Crippen LogP contribution in [0.2, 0.25) is 0 Å². The monoisotopic (exact) mass is 441 g/mol. The van der Waals surface area contributed by atoms with Crippen LogP contribution in [0.3, 0.4) is 0 Å². The summed E-state index contributed by atoms with van der Waals surface area (Å²) in [4.78, 5) is 14.3. The molecule has 0 aliphatic carbocycles. The van der Waals surface area contributed by atoms with E-state index in [0.29, 0.717) is 27.8 Å². The van der Waals surface area contributed by atoms with Crippen LogP contribution >= 0.6 is 11.3 Å². The number of ether oxygens (including phenoxy) is 3. The Kier molecular flexibility index (Phi) is 5.51. The Morgan fingerprint density at radius 3 is 2.26 bits per heavy atom. The summed E-state index contributed by atoms with van der Waals surface area (Å²) in [5.41, 5.74) is 2.01. The molecule has 0 aliphatic heterocycles. The predicted octanol–water partition coefficient (Wildman–Crippen LogP) is 4.81. The standard InChI is InChI=1S/C22H20FN3O4S/c1-12-16-11-19(31-22(16)26(25-12)15-7-5-13(23)6-8-15)21(27)24-14-9-17(28-2)20(30-4)18(10-14)29-3/h5-11H,1-4H3,(H,24,27). The largest absolute Gasteiger partial charge is 0.493 e.